The number of hydrogen-bond donors (Lipinski definition) is 7. The van der Waals surface area contributed by atoms with Crippen LogP contribution in [-0.2, 0) is 18.9 Å². The minimum absolute atomic E-state index is 0.0172. The van der Waals surface area contributed by atoms with Crippen LogP contribution in [-0.4, -0.2) is 116 Å². The molecule has 0 aliphatic carbocycles. The third-order valence-corrected chi connectivity index (χ3v) is 5.97. The van der Waals surface area contributed by atoms with E-state index >= 15 is 0 Å². The zero-order valence-electron chi connectivity index (χ0n) is 16.9. The molecule has 2 aliphatic heterocycles. The van der Waals surface area contributed by atoms with E-state index in [-0.39, 0.29) is 10.6 Å². The average molecular weight is 515 g/mol. The van der Waals surface area contributed by atoms with Gasteiger partial charge < -0.3 is 54.7 Å². The van der Waals surface area contributed by atoms with Crippen LogP contribution in [0.25, 0.3) is 0 Å². The molecule has 14 heteroatoms. The monoisotopic (exact) mass is 514 g/mol. The van der Waals surface area contributed by atoms with E-state index in [0.29, 0.717) is 5.02 Å². The number of esters is 1. The second kappa shape index (κ2) is 10.6. The van der Waals surface area contributed by atoms with E-state index in [1.165, 1.54) is 18.2 Å². The minimum atomic E-state index is -2.32. The molecule has 0 aromatic heterocycles. The fourth-order valence-corrected chi connectivity index (χ4v) is 3.99. The molecule has 2 aliphatic rings. The molecule has 2 fully saturated rings. The lowest BCUT2D eigenvalue weighted by Crippen LogP contribution is -2.62. The highest BCUT2D eigenvalue weighted by Crippen LogP contribution is 2.36. The topological polar surface area (TPSA) is 196 Å². The highest BCUT2D eigenvalue weighted by molar-refractivity contribution is 6.36. The summed E-state index contributed by atoms with van der Waals surface area (Å²) in [5.74, 6) is -3.21. The van der Waals surface area contributed by atoms with Crippen LogP contribution in [0.1, 0.15) is 10.4 Å². The summed E-state index contributed by atoms with van der Waals surface area (Å²) in [6.45, 7) is -2.35. The Hall–Kier alpha value is -1.13. The lowest BCUT2D eigenvalue weighted by molar-refractivity contribution is -0.383. The molecule has 186 valence electrons. The lowest BCUT2D eigenvalue weighted by atomic mass is 9.99. The Labute approximate surface area is 197 Å². The van der Waals surface area contributed by atoms with E-state index in [1.807, 2.05) is 0 Å². The molecule has 2 heterocycles. The van der Waals surface area contributed by atoms with Crippen LogP contribution < -0.4 is 0 Å². The van der Waals surface area contributed by atoms with Crippen LogP contribution in [0.15, 0.2) is 18.2 Å². The van der Waals surface area contributed by atoms with E-state index < -0.39 is 80.6 Å². The van der Waals surface area contributed by atoms with Crippen molar-refractivity contribution in [2.24, 2.45) is 0 Å². The summed E-state index contributed by atoms with van der Waals surface area (Å²) in [6.07, 6.45) is -13.5. The quantitative estimate of drug-likeness (QED) is 0.194. The van der Waals surface area contributed by atoms with Crippen molar-refractivity contribution in [2.75, 3.05) is 19.8 Å². The highest BCUT2D eigenvalue weighted by atomic mass is 35.5. The van der Waals surface area contributed by atoms with Gasteiger partial charge in [-0.25, -0.2) is 4.79 Å². The molecule has 7 N–H and O–H groups in total. The number of hydrogen-bond acceptors (Lipinski definition) is 12. The van der Waals surface area contributed by atoms with Crippen LogP contribution in [0.4, 0.5) is 0 Å². The smallest absolute Gasteiger partial charge is 0.339 e. The van der Waals surface area contributed by atoms with Gasteiger partial charge in [0.2, 0.25) is 5.79 Å². The zero-order valence-corrected chi connectivity index (χ0v) is 18.4. The van der Waals surface area contributed by atoms with Crippen molar-refractivity contribution in [3.05, 3.63) is 33.8 Å². The van der Waals surface area contributed by atoms with Crippen LogP contribution in [0.5, 0.6) is 0 Å². The molecule has 3 rings (SSSR count). The highest BCUT2D eigenvalue weighted by Gasteiger charge is 2.58. The number of benzene rings is 1. The van der Waals surface area contributed by atoms with E-state index in [2.05, 4.69) is 0 Å². The number of carbonyl (C=O) groups is 1. The summed E-state index contributed by atoms with van der Waals surface area (Å²) in [4.78, 5) is 12.3. The first kappa shape index (κ1) is 26.5. The van der Waals surface area contributed by atoms with Crippen molar-refractivity contribution in [1.82, 2.24) is 0 Å². The van der Waals surface area contributed by atoms with E-state index in [0.717, 1.165) is 0 Å². The van der Waals surface area contributed by atoms with Gasteiger partial charge in [0.1, 0.15) is 55.9 Å². The fourth-order valence-electron chi connectivity index (χ4n) is 3.51. The second-order valence-corrected chi connectivity index (χ2v) is 8.44. The number of aliphatic hydroxyl groups excluding tert-OH is 7. The van der Waals surface area contributed by atoms with Gasteiger partial charge in [-0.3, -0.25) is 0 Å². The van der Waals surface area contributed by atoms with Gasteiger partial charge in [-0.05, 0) is 18.2 Å². The Kier molecular flexibility index (Phi) is 8.54. The van der Waals surface area contributed by atoms with Gasteiger partial charge in [-0.2, -0.15) is 0 Å². The van der Waals surface area contributed by atoms with Gasteiger partial charge in [-0.1, -0.05) is 23.2 Å². The molecule has 0 bridgehead atoms. The molecule has 12 nitrogen and oxygen atoms in total. The summed E-state index contributed by atoms with van der Waals surface area (Å²) in [7, 11) is 0. The maximum absolute atomic E-state index is 12.3. The normalized spacial score (nSPS) is 38.9. The predicted octanol–water partition coefficient (Wildman–Crippen LogP) is -2.22. The van der Waals surface area contributed by atoms with Crippen molar-refractivity contribution in [2.45, 2.75) is 54.8 Å². The molecule has 0 spiro atoms. The maximum Gasteiger partial charge on any atom is 0.339 e. The van der Waals surface area contributed by atoms with E-state index in [4.69, 9.17) is 42.1 Å². The van der Waals surface area contributed by atoms with Crippen molar-refractivity contribution < 1.29 is 59.5 Å². The van der Waals surface area contributed by atoms with Gasteiger partial charge in [0.15, 0.2) is 6.29 Å². The molecule has 0 amide bonds. The molecule has 0 unspecified atom stereocenters. The van der Waals surface area contributed by atoms with Crippen molar-refractivity contribution in [3.63, 3.8) is 0 Å². The second-order valence-electron chi connectivity index (χ2n) is 7.60. The Morgan fingerprint density at radius 2 is 1.70 bits per heavy atom. The average Bonchev–Trinajstić information content (AvgIpc) is 3.03. The molecule has 33 heavy (non-hydrogen) atoms. The largest absolute Gasteiger partial charge is 0.459 e. The van der Waals surface area contributed by atoms with Gasteiger partial charge in [-0.15, -0.1) is 0 Å². The molecule has 2 saturated heterocycles. The fraction of sp³-hybridized carbons (Fsp3) is 0.632. The van der Waals surface area contributed by atoms with Crippen molar-refractivity contribution in [3.8, 4) is 0 Å². The summed E-state index contributed by atoms with van der Waals surface area (Å²) >= 11 is 11.7. The zero-order chi connectivity index (χ0) is 24.5. The van der Waals surface area contributed by atoms with Crippen LogP contribution >= 0.6 is 23.2 Å². The lowest BCUT2D eigenvalue weighted by Gasteiger charge is -2.43. The molecule has 1 aromatic carbocycles. The van der Waals surface area contributed by atoms with Crippen LogP contribution in [0.3, 0.4) is 0 Å². The molecular weight excluding hydrogens is 491 g/mol. The maximum atomic E-state index is 12.3. The minimum Gasteiger partial charge on any atom is -0.459 e. The Bertz CT molecular complexity index is 843. The van der Waals surface area contributed by atoms with Crippen molar-refractivity contribution >= 4 is 29.2 Å². The molecule has 0 saturated carbocycles. The summed E-state index contributed by atoms with van der Waals surface area (Å²) in [6, 6.07) is 4.06. The Morgan fingerprint density at radius 3 is 2.27 bits per heavy atom. The molecule has 1 aromatic rings. The van der Waals surface area contributed by atoms with Gasteiger partial charge in [0.05, 0.1) is 17.2 Å². The number of halogens is 2. The van der Waals surface area contributed by atoms with Crippen molar-refractivity contribution in [1.29, 1.82) is 0 Å². The first-order valence-electron chi connectivity index (χ1n) is 9.80. The third kappa shape index (κ3) is 5.27. The summed E-state index contributed by atoms with van der Waals surface area (Å²) < 4.78 is 21.1. The molecule has 9 atom stereocenters. The number of aliphatic hydroxyl groups is 7. The number of ether oxygens (including phenoxy) is 4. The van der Waals surface area contributed by atoms with Gasteiger partial charge in [0, 0.05) is 5.02 Å². The Balaban J connectivity index is 1.71. The van der Waals surface area contributed by atoms with Crippen LogP contribution in [0, 0.1) is 0 Å². The first-order chi connectivity index (χ1) is 15.5. The van der Waals surface area contributed by atoms with E-state index in [1.54, 1.807) is 0 Å². The Morgan fingerprint density at radius 1 is 1.00 bits per heavy atom. The third-order valence-electron chi connectivity index (χ3n) is 5.42. The summed E-state index contributed by atoms with van der Waals surface area (Å²) in [5.41, 5.74) is -0.0227. The van der Waals surface area contributed by atoms with E-state index in [9.17, 15) is 40.5 Å². The molecule has 0 radical (unpaired) electrons. The SMILES string of the molecule is O=C(OC[C@H]1O[C@H](O[C@]2(CO)O[C@H](CO)[C@@H](O)[C@@H]2O)[C@H](O)[C@@H](O)[C@@H]1O)c1ccc(Cl)cc1Cl. The van der Waals surface area contributed by atoms with Gasteiger partial charge >= 0.3 is 5.97 Å². The van der Waals surface area contributed by atoms with Gasteiger partial charge in [0.25, 0.3) is 0 Å². The number of rotatable bonds is 7. The number of carbonyl (C=O) groups excluding carboxylic acids is 1. The van der Waals surface area contributed by atoms with Crippen LogP contribution in [0.2, 0.25) is 10.0 Å². The summed E-state index contributed by atoms with van der Waals surface area (Å²) in [5, 5.41) is 70.2. The first-order valence-corrected chi connectivity index (χ1v) is 10.6. The standard InChI is InChI=1S/C19H24Cl2O12/c20-7-1-2-8(9(21)3-7)17(29)30-5-11-12(24)14(26)15(27)18(31-11)33-19(6-23)16(28)13(25)10(4-22)32-19/h1-3,10-16,18,22-28H,4-6H2/t10-,11-,12-,13-,14+,15-,16+,18-,19+/m1/s1. The predicted molar refractivity (Wildman–Crippen MR) is 108 cm³/mol. The molecular formula is C19H24Cl2O12.